The third kappa shape index (κ3) is 3.06. The first-order valence-electron chi connectivity index (χ1n) is 9.30. The summed E-state index contributed by atoms with van der Waals surface area (Å²) in [6.07, 6.45) is 6.39. The highest BCUT2D eigenvalue weighted by Crippen LogP contribution is 2.28. The predicted octanol–water partition coefficient (Wildman–Crippen LogP) is 3.05. The fourth-order valence-electron chi connectivity index (χ4n) is 4.20. The number of rotatable bonds is 5. The smallest absolute Gasteiger partial charge is 0.121 e. The molecule has 24 heavy (non-hydrogen) atoms. The highest BCUT2D eigenvalue weighted by molar-refractivity contribution is 6.07. The molecule has 4 rings (SSSR count). The van der Waals surface area contributed by atoms with Gasteiger partial charge >= 0.3 is 0 Å². The predicted molar refractivity (Wildman–Crippen MR) is 99.1 cm³/mol. The molecule has 1 aliphatic rings. The zero-order valence-corrected chi connectivity index (χ0v) is 14.2. The summed E-state index contributed by atoms with van der Waals surface area (Å²) in [5.74, 6) is 0. The van der Waals surface area contributed by atoms with Crippen molar-refractivity contribution < 1.29 is 10.4 Å². The van der Waals surface area contributed by atoms with E-state index in [0.29, 0.717) is 12.6 Å². The van der Waals surface area contributed by atoms with Crippen LogP contribution in [0.2, 0.25) is 0 Å². The molecular formula is C21H27N2O+. The lowest BCUT2D eigenvalue weighted by molar-refractivity contribution is -0.697. The number of quaternary nitrogens is 1. The highest BCUT2D eigenvalue weighted by Gasteiger charge is 2.19. The zero-order chi connectivity index (χ0) is 16.4. The number of aliphatic hydroxyl groups is 1. The lowest BCUT2D eigenvalue weighted by atomic mass is 9.95. The molecular weight excluding hydrogens is 296 g/mol. The van der Waals surface area contributed by atoms with Crippen LogP contribution in [-0.4, -0.2) is 28.4 Å². The Labute approximate surface area is 143 Å². The van der Waals surface area contributed by atoms with Gasteiger partial charge in [-0.1, -0.05) is 42.8 Å². The number of aliphatic hydroxyl groups excluding tert-OH is 1. The van der Waals surface area contributed by atoms with Gasteiger partial charge in [-0.05, 0) is 37.8 Å². The van der Waals surface area contributed by atoms with Gasteiger partial charge in [-0.3, -0.25) is 0 Å². The summed E-state index contributed by atoms with van der Waals surface area (Å²) in [6.45, 7) is 1.46. The Bertz CT molecular complexity index is 764. The summed E-state index contributed by atoms with van der Waals surface area (Å²) in [4.78, 5) is 0. The molecule has 3 aromatic rings. The lowest BCUT2D eigenvalue weighted by Gasteiger charge is -2.21. The van der Waals surface area contributed by atoms with Crippen LogP contribution in [0.3, 0.4) is 0 Å². The number of nitrogens with two attached hydrogens (primary N) is 1. The molecule has 1 atom stereocenters. The van der Waals surface area contributed by atoms with Gasteiger partial charge in [0.25, 0.3) is 0 Å². The Morgan fingerprint density at radius 2 is 1.50 bits per heavy atom. The molecule has 0 radical (unpaired) electrons. The molecule has 1 heterocycles. The normalized spacial score (nSPS) is 17.5. The van der Waals surface area contributed by atoms with Crippen LogP contribution in [0, 0.1) is 0 Å². The minimum atomic E-state index is -0.314. The average molecular weight is 323 g/mol. The molecule has 1 aromatic heterocycles. The third-order valence-electron chi connectivity index (χ3n) is 5.46. The van der Waals surface area contributed by atoms with Crippen LogP contribution >= 0.6 is 0 Å². The van der Waals surface area contributed by atoms with Crippen molar-refractivity contribution in [2.45, 2.75) is 50.8 Å². The number of hydrogen-bond donors (Lipinski definition) is 2. The molecule has 0 spiro atoms. The first-order chi connectivity index (χ1) is 11.8. The number of fused-ring (bicyclic) bond motifs is 3. The van der Waals surface area contributed by atoms with Crippen LogP contribution < -0.4 is 5.32 Å². The molecule has 1 fully saturated rings. The monoisotopic (exact) mass is 323 g/mol. The van der Waals surface area contributed by atoms with Crippen molar-refractivity contribution in [3.63, 3.8) is 0 Å². The Balaban J connectivity index is 1.54. The fourth-order valence-corrected chi connectivity index (χ4v) is 4.20. The van der Waals surface area contributed by atoms with E-state index in [-0.39, 0.29) is 6.10 Å². The summed E-state index contributed by atoms with van der Waals surface area (Å²) in [7, 11) is 0. The Kier molecular flexibility index (Phi) is 4.54. The molecule has 0 amide bonds. The Hall–Kier alpha value is -1.84. The summed E-state index contributed by atoms with van der Waals surface area (Å²) >= 11 is 0. The van der Waals surface area contributed by atoms with Gasteiger partial charge in [-0.15, -0.1) is 0 Å². The highest BCUT2D eigenvalue weighted by atomic mass is 16.3. The Morgan fingerprint density at radius 3 is 2.12 bits per heavy atom. The number of benzene rings is 2. The van der Waals surface area contributed by atoms with Gasteiger partial charge < -0.3 is 15.0 Å². The maximum atomic E-state index is 10.6. The molecule has 126 valence electrons. The molecule has 1 aliphatic carbocycles. The maximum absolute atomic E-state index is 10.6. The molecule has 1 unspecified atom stereocenters. The van der Waals surface area contributed by atoms with E-state index in [0.717, 1.165) is 6.54 Å². The standard InChI is InChI=1S/C21H26N2O/c24-17(14-22-16-8-2-1-3-9-16)15-23-20-12-6-4-10-18(20)19-11-5-7-13-21(19)23/h4-7,10-13,16-17,22,24H,1-3,8-9,14-15H2/p+1. The van der Waals surface area contributed by atoms with E-state index in [4.69, 9.17) is 0 Å². The maximum Gasteiger partial charge on any atom is 0.121 e. The molecule has 0 bridgehead atoms. The van der Waals surface area contributed by atoms with Gasteiger partial charge in [0, 0.05) is 21.8 Å². The van der Waals surface area contributed by atoms with Gasteiger partial charge in [0.2, 0.25) is 0 Å². The van der Waals surface area contributed by atoms with E-state index < -0.39 is 0 Å². The first kappa shape index (κ1) is 15.7. The SMILES string of the molecule is OC(C[NH2+]C1CCCCC1)Cn1c2ccccc2c2ccccc21. The molecule has 1 saturated carbocycles. The van der Waals surface area contributed by atoms with Crippen molar-refractivity contribution in [1.82, 2.24) is 4.57 Å². The van der Waals surface area contributed by atoms with Crippen LogP contribution in [0.25, 0.3) is 21.8 Å². The van der Waals surface area contributed by atoms with E-state index in [1.807, 2.05) is 0 Å². The molecule has 3 N–H and O–H groups in total. The van der Waals surface area contributed by atoms with E-state index in [1.165, 1.54) is 53.9 Å². The number of para-hydroxylation sites is 2. The van der Waals surface area contributed by atoms with Gasteiger partial charge in [0.05, 0.1) is 12.6 Å². The molecule has 0 aliphatic heterocycles. The average Bonchev–Trinajstić information content (AvgIpc) is 2.95. The first-order valence-corrected chi connectivity index (χ1v) is 9.30. The lowest BCUT2D eigenvalue weighted by Crippen LogP contribution is -2.92. The second-order valence-corrected chi connectivity index (χ2v) is 7.17. The largest absolute Gasteiger partial charge is 0.385 e. The van der Waals surface area contributed by atoms with Crippen LogP contribution in [-0.2, 0) is 6.54 Å². The second kappa shape index (κ2) is 6.96. The molecule has 2 aromatic carbocycles. The molecule has 3 heteroatoms. The van der Waals surface area contributed by atoms with Crippen LogP contribution in [0.15, 0.2) is 48.5 Å². The number of hydrogen-bond acceptors (Lipinski definition) is 1. The van der Waals surface area contributed by atoms with E-state index >= 15 is 0 Å². The van der Waals surface area contributed by atoms with Crippen LogP contribution in [0.4, 0.5) is 0 Å². The van der Waals surface area contributed by atoms with Gasteiger partial charge in [0.15, 0.2) is 0 Å². The van der Waals surface area contributed by atoms with E-state index in [1.54, 1.807) is 0 Å². The summed E-state index contributed by atoms with van der Waals surface area (Å²) in [5, 5.41) is 15.5. The van der Waals surface area contributed by atoms with Crippen molar-refractivity contribution in [3.8, 4) is 0 Å². The van der Waals surface area contributed by atoms with Crippen molar-refractivity contribution in [2.24, 2.45) is 0 Å². The fraction of sp³-hybridized carbons (Fsp3) is 0.429. The van der Waals surface area contributed by atoms with Gasteiger partial charge in [-0.2, -0.15) is 0 Å². The summed E-state index contributed by atoms with van der Waals surface area (Å²) in [5.41, 5.74) is 2.44. The minimum absolute atomic E-state index is 0.314. The zero-order valence-electron chi connectivity index (χ0n) is 14.2. The minimum Gasteiger partial charge on any atom is -0.385 e. The van der Waals surface area contributed by atoms with Crippen molar-refractivity contribution in [1.29, 1.82) is 0 Å². The number of aromatic nitrogens is 1. The van der Waals surface area contributed by atoms with Gasteiger partial charge in [-0.25, -0.2) is 0 Å². The van der Waals surface area contributed by atoms with E-state index in [9.17, 15) is 5.11 Å². The van der Waals surface area contributed by atoms with Crippen LogP contribution in [0.5, 0.6) is 0 Å². The Morgan fingerprint density at radius 1 is 0.917 bits per heavy atom. The van der Waals surface area contributed by atoms with E-state index in [2.05, 4.69) is 58.4 Å². The summed E-state index contributed by atoms with van der Waals surface area (Å²) in [6, 6.07) is 17.7. The topological polar surface area (TPSA) is 41.8 Å². The number of nitrogens with zero attached hydrogens (tertiary/aromatic N) is 1. The van der Waals surface area contributed by atoms with Crippen molar-refractivity contribution >= 4 is 21.8 Å². The third-order valence-corrected chi connectivity index (χ3v) is 5.46. The van der Waals surface area contributed by atoms with Crippen LogP contribution in [0.1, 0.15) is 32.1 Å². The quantitative estimate of drug-likeness (QED) is 0.744. The molecule has 0 saturated heterocycles. The summed E-state index contributed by atoms with van der Waals surface area (Å²) < 4.78 is 2.28. The van der Waals surface area contributed by atoms with Crippen molar-refractivity contribution in [3.05, 3.63) is 48.5 Å². The van der Waals surface area contributed by atoms with Gasteiger partial charge in [0.1, 0.15) is 12.6 Å². The molecule has 3 nitrogen and oxygen atoms in total. The second-order valence-electron chi connectivity index (χ2n) is 7.17. The van der Waals surface area contributed by atoms with Crippen molar-refractivity contribution in [2.75, 3.05) is 6.54 Å².